The van der Waals surface area contributed by atoms with Crippen LogP contribution in [0.25, 0.3) is 0 Å². The van der Waals surface area contributed by atoms with Crippen molar-refractivity contribution < 1.29 is 14.3 Å². The van der Waals surface area contributed by atoms with E-state index >= 15 is 0 Å². The van der Waals surface area contributed by atoms with Gasteiger partial charge >= 0.3 is 0 Å². The third kappa shape index (κ3) is 5.25. The fraction of sp³-hybridized carbons (Fsp3) is 0.333. The summed E-state index contributed by atoms with van der Waals surface area (Å²) < 4.78 is 5.34. The van der Waals surface area contributed by atoms with E-state index in [9.17, 15) is 9.59 Å². The molecule has 2 amide bonds. The molecule has 0 bridgehead atoms. The van der Waals surface area contributed by atoms with Crippen molar-refractivity contribution in [2.45, 2.75) is 44.6 Å². The Hall–Kier alpha value is -3.08. The Labute approximate surface area is 172 Å². The number of anilines is 1. The summed E-state index contributed by atoms with van der Waals surface area (Å²) in [6, 6.07) is 12.6. The minimum Gasteiger partial charge on any atom is -0.496 e. The van der Waals surface area contributed by atoms with Gasteiger partial charge in [0.15, 0.2) is 0 Å². The van der Waals surface area contributed by atoms with Crippen LogP contribution >= 0.6 is 0 Å². The second-order valence-corrected chi connectivity index (χ2v) is 7.33. The van der Waals surface area contributed by atoms with Gasteiger partial charge in [-0.1, -0.05) is 37.5 Å². The fourth-order valence-corrected chi connectivity index (χ4v) is 3.73. The first-order chi connectivity index (χ1) is 14.1. The summed E-state index contributed by atoms with van der Waals surface area (Å²) in [7, 11) is 1.60. The predicted molar refractivity (Wildman–Crippen MR) is 116 cm³/mol. The van der Waals surface area contributed by atoms with E-state index in [-0.39, 0.29) is 17.9 Å². The van der Waals surface area contributed by atoms with Crippen molar-refractivity contribution in [3.05, 3.63) is 71.8 Å². The maximum absolute atomic E-state index is 12.8. The van der Waals surface area contributed by atoms with Gasteiger partial charge < -0.3 is 15.4 Å². The van der Waals surface area contributed by atoms with Gasteiger partial charge in [0.05, 0.1) is 18.4 Å². The molecule has 1 fully saturated rings. The number of ether oxygens (including phenoxy) is 1. The average molecular weight is 392 g/mol. The minimum atomic E-state index is -0.268. The van der Waals surface area contributed by atoms with E-state index < -0.39 is 0 Å². The van der Waals surface area contributed by atoms with E-state index in [1.54, 1.807) is 49.6 Å². The molecule has 1 aliphatic rings. The van der Waals surface area contributed by atoms with E-state index in [0.717, 1.165) is 31.2 Å². The number of nitrogens with one attached hydrogen (secondary N) is 2. The molecule has 5 nitrogen and oxygen atoms in total. The first-order valence-electron chi connectivity index (χ1n) is 10.1. The second-order valence-electron chi connectivity index (χ2n) is 7.33. The maximum atomic E-state index is 12.8. The van der Waals surface area contributed by atoms with Crippen LogP contribution in [0, 0.1) is 0 Å². The molecule has 3 rings (SSSR count). The highest BCUT2D eigenvalue weighted by atomic mass is 16.5. The third-order valence-corrected chi connectivity index (χ3v) is 5.27. The molecule has 2 aromatic carbocycles. The van der Waals surface area contributed by atoms with Crippen LogP contribution in [0.4, 0.5) is 5.69 Å². The van der Waals surface area contributed by atoms with Gasteiger partial charge in [-0.2, -0.15) is 0 Å². The maximum Gasteiger partial charge on any atom is 0.255 e. The molecule has 1 saturated carbocycles. The molecule has 0 saturated heterocycles. The molecule has 0 aliphatic heterocycles. The van der Waals surface area contributed by atoms with E-state index in [1.807, 2.05) is 6.07 Å². The van der Waals surface area contributed by atoms with E-state index in [4.69, 9.17) is 4.74 Å². The van der Waals surface area contributed by atoms with Crippen molar-refractivity contribution in [3.63, 3.8) is 0 Å². The van der Waals surface area contributed by atoms with Crippen LogP contribution in [0.5, 0.6) is 5.75 Å². The SMILES string of the molecule is C=CCc1cc(C(=O)Nc2ccccc2C(=O)NC2CCCCC2)ccc1OC. The summed E-state index contributed by atoms with van der Waals surface area (Å²) in [4.78, 5) is 25.6. The summed E-state index contributed by atoms with van der Waals surface area (Å²) >= 11 is 0. The van der Waals surface area contributed by atoms with E-state index in [1.165, 1.54) is 6.42 Å². The zero-order valence-electron chi connectivity index (χ0n) is 16.9. The predicted octanol–water partition coefficient (Wildman–Crippen LogP) is 4.74. The molecule has 0 unspecified atom stereocenters. The number of methoxy groups -OCH3 is 1. The normalized spacial score (nSPS) is 14.1. The van der Waals surface area contributed by atoms with Crippen molar-refractivity contribution in [2.24, 2.45) is 0 Å². The zero-order chi connectivity index (χ0) is 20.6. The van der Waals surface area contributed by atoms with Gasteiger partial charge in [0.25, 0.3) is 11.8 Å². The molecular weight excluding hydrogens is 364 g/mol. The highest BCUT2D eigenvalue weighted by Gasteiger charge is 2.19. The molecule has 152 valence electrons. The highest BCUT2D eigenvalue weighted by molar-refractivity contribution is 6.09. The van der Waals surface area contributed by atoms with Gasteiger partial charge in [-0.15, -0.1) is 6.58 Å². The molecule has 2 N–H and O–H groups in total. The Morgan fingerprint density at radius 1 is 1.10 bits per heavy atom. The Morgan fingerprint density at radius 2 is 1.86 bits per heavy atom. The smallest absolute Gasteiger partial charge is 0.255 e. The van der Waals surface area contributed by atoms with Gasteiger partial charge in [-0.25, -0.2) is 0 Å². The second kappa shape index (κ2) is 9.92. The van der Waals surface area contributed by atoms with Crippen LogP contribution in [0.2, 0.25) is 0 Å². The Balaban J connectivity index is 1.76. The molecule has 0 spiro atoms. The number of carbonyl (C=O) groups excluding carboxylic acids is 2. The number of hydrogen-bond acceptors (Lipinski definition) is 3. The Bertz CT molecular complexity index is 885. The number of hydrogen-bond donors (Lipinski definition) is 2. The summed E-state index contributed by atoms with van der Waals surface area (Å²) in [5.41, 5.74) is 2.38. The Morgan fingerprint density at radius 3 is 2.59 bits per heavy atom. The monoisotopic (exact) mass is 392 g/mol. The first kappa shape index (κ1) is 20.6. The third-order valence-electron chi connectivity index (χ3n) is 5.27. The van der Waals surface area contributed by atoms with E-state index in [0.29, 0.717) is 29.0 Å². The topological polar surface area (TPSA) is 67.4 Å². The lowest BCUT2D eigenvalue weighted by Crippen LogP contribution is -2.36. The molecule has 29 heavy (non-hydrogen) atoms. The van der Waals surface area contributed by atoms with Gasteiger partial charge in [-0.3, -0.25) is 9.59 Å². The lowest BCUT2D eigenvalue weighted by Gasteiger charge is -2.23. The molecule has 1 aliphatic carbocycles. The minimum absolute atomic E-state index is 0.144. The summed E-state index contributed by atoms with van der Waals surface area (Å²) in [6.07, 6.45) is 7.92. The molecular formula is C24H28N2O3. The highest BCUT2D eigenvalue weighted by Crippen LogP contribution is 2.23. The van der Waals surface area contributed by atoms with E-state index in [2.05, 4.69) is 17.2 Å². The zero-order valence-corrected chi connectivity index (χ0v) is 16.9. The molecule has 0 heterocycles. The van der Waals surface area contributed by atoms with Gasteiger partial charge in [0.2, 0.25) is 0 Å². The Kier molecular flexibility index (Phi) is 7.06. The summed E-state index contributed by atoms with van der Waals surface area (Å²) in [5.74, 6) is 0.305. The molecule has 0 radical (unpaired) electrons. The summed E-state index contributed by atoms with van der Waals surface area (Å²) in [6.45, 7) is 3.75. The number of allylic oxidation sites excluding steroid dienone is 1. The lowest BCUT2D eigenvalue weighted by atomic mass is 9.95. The fourth-order valence-electron chi connectivity index (χ4n) is 3.73. The van der Waals surface area contributed by atoms with Crippen LogP contribution in [-0.4, -0.2) is 25.0 Å². The number of carbonyl (C=O) groups is 2. The van der Waals surface area contributed by atoms with Gasteiger partial charge in [-0.05, 0) is 55.2 Å². The van der Waals surface area contributed by atoms with Crippen molar-refractivity contribution in [2.75, 3.05) is 12.4 Å². The lowest BCUT2D eigenvalue weighted by molar-refractivity contribution is 0.0928. The largest absolute Gasteiger partial charge is 0.496 e. The van der Waals surface area contributed by atoms with Crippen molar-refractivity contribution in [1.82, 2.24) is 5.32 Å². The quantitative estimate of drug-likeness (QED) is 0.669. The summed E-state index contributed by atoms with van der Waals surface area (Å²) in [5, 5.41) is 6.00. The van der Waals surface area contributed by atoms with Crippen molar-refractivity contribution in [1.29, 1.82) is 0 Å². The number of benzene rings is 2. The first-order valence-corrected chi connectivity index (χ1v) is 10.1. The van der Waals surface area contributed by atoms with Gasteiger partial charge in [0.1, 0.15) is 5.75 Å². The molecule has 5 heteroatoms. The van der Waals surface area contributed by atoms with Crippen LogP contribution in [0.3, 0.4) is 0 Å². The molecule has 0 aromatic heterocycles. The standard InChI is InChI=1S/C24H28N2O3/c1-3-9-17-16-18(14-15-22(17)29-2)23(27)26-21-13-8-7-12-20(21)24(28)25-19-10-5-4-6-11-19/h3,7-8,12-16,19H,1,4-6,9-11H2,2H3,(H,25,28)(H,26,27). The van der Waals surface area contributed by atoms with Gasteiger partial charge in [0, 0.05) is 11.6 Å². The average Bonchev–Trinajstić information content (AvgIpc) is 2.75. The van der Waals surface area contributed by atoms with Crippen LogP contribution < -0.4 is 15.4 Å². The number of rotatable bonds is 7. The number of amides is 2. The molecule has 2 aromatic rings. The van der Waals surface area contributed by atoms with Crippen molar-refractivity contribution in [3.8, 4) is 5.75 Å². The van der Waals surface area contributed by atoms with Crippen LogP contribution in [0.15, 0.2) is 55.1 Å². The van der Waals surface area contributed by atoms with Crippen LogP contribution in [-0.2, 0) is 6.42 Å². The molecule has 0 atom stereocenters. The van der Waals surface area contributed by atoms with Crippen molar-refractivity contribution >= 4 is 17.5 Å². The van der Waals surface area contributed by atoms with Crippen LogP contribution in [0.1, 0.15) is 58.4 Å². The number of para-hydroxylation sites is 1.